The Morgan fingerprint density at radius 1 is 1.25 bits per heavy atom. The van der Waals surface area contributed by atoms with Crippen LogP contribution in [0.3, 0.4) is 0 Å². The summed E-state index contributed by atoms with van der Waals surface area (Å²) in [6.45, 7) is 11.9. The van der Waals surface area contributed by atoms with Crippen molar-refractivity contribution in [3.05, 3.63) is 23.4 Å². The number of thiocarbonyl (C=S) groups is 1. The molecule has 0 bridgehead atoms. The van der Waals surface area contributed by atoms with Gasteiger partial charge in [-0.05, 0) is 46.8 Å². The van der Waals surface area contributed by atoms with E-state index in [2.05, 4.69) is 37.6 Å². The molecule has 0 radical (unpaired) electrons. The standard InChI is InChI=1S/C15H23N3OS/c1-10-6-7-11(12(16)20)13(17-10)18-8-14(2,3)19-15(4,5)9-18/h6-7H,8-9H2,1-5H3,(H2,16,20). The molecule has 1 aliphatic rings. The number of hydrogen-bond donors (Lipinski definition) is 1. The number of nitrogens with zero attached hydrogens (tertiary/aromatic N) is 2. The predicted octanol–water partition coefficient (Wildman–Crippen LogP) is 2.42. The Bertz CT molecular complexity index is 524. The van der Waals surface area contributed by atoms with E-state index in [4.69, 9.17) is 22.7 Å². The molecule has 2 rings (SSSR count). The number of ether oxygens (including phenoxy) is 1. The van der Waals surface area contributed by atoms with E-state index in [0.29, 0.717) is 4.99 Å². The van der Waals surface area contributed by atoms with Gasteiger partial charge in [-0.15, -0.1) is 0 Å². The van der Waals surface area contributed by atoms with Gasteiger partial charge in [-0.3, -0.25) is 0 Å². The average Bonchev–Trinajstić information content (AvgIpc) is 2.24. The molecule has 0 saturated carbocycles. The Morgan fingerprint density at radius 2 is 1.80 bits per heavy atom. The summed E-state index contributed by atoms with van der Waals surface area (Å²) in [4.78, 5) is 7.26. The smallest absolute Gasteiger partial charge is 0.139 e. The maximum Gasteiger partial charge on any atom is 0.139 e. The molecule has 4 nitrogen and oxygen atoms in total. The molecule has 1 aromatic rings. The molecule has 1 fully saturated rings. The number of nitrogens with two attached hydrogens (primary N) is 1. The maximum atomic E-state index is 6.11. The van der Waals surface area contributed by atoms with Crippen LogP contribution in [0, 0.1) is 6.92 Å². The SMILES string of the molecule is Cc1ccc(C(N)=S)c(N2CC(C)(C)OC(C)(C)C2)n1. The van der Waals surface area contributed by atoms with Gasteiger partial charge in [0.1, 0.15) is 10.8 Å². The van der Waals surface area contributed by atoms with Crippen LogP contribution in [0.4, 0.5) is 5.82 Å². The van der Waals surface area contributed by atoms with Crippen molar-refractivity contribution >= 4 is 23.0 Å². The Labute approximate surface area is 126 Å². The first kappa shape index (κ1) is 15.2. The number of rotatable bonds is 2. The van der Waals surface area contributed by atoms with E-state index in [1.807, 2.05) is 19.1 Å². The van der Waals surface area contributed by atoms with Crippen LogP contribution in [0.2, 0.25) is 0 Å². The summed E-state index contributed by atoms with van der Waals surface area (Å²) in [5.41, 5.74) is 7.16. The minimum absolute atomic E-state index is 0.235. The fraction of sp³-hybridized carbons (Fsp3) is 0.600. The maximum absolute atomic E-state index is 6.11. The molecular formula is C15H23N3OS. The van der Waals surface area contributed by atoms with Gasteiger partial charge in [0, 0.05) is 18.8 Å². The Kier molecular flexibility index (Phi) is 3.77. The Balaban J connectivity index is 2.45. The summed E-state index contributed by atoms with van der Waals surface area (Å²) >= 11 is 5.16. The highest BCUT2D eigenvalue weighted by Gasteiger charge is 2.39. The molecule has 20 heavy (non-hydrogen) atoms. The zero-order valence-electron chi connectivity index (χ0n) is 12.9. The number of aromatic nitrogens is 1. The zero-order valence-corrected chi connectivity index (χ0v) is 13.7. The lowest BCUT2D eigenvalue weighted by Gasteiger charge is -2.48. The Morgan fingerprint density at radius 3 is 2.30 bits per heavy atom. The lowest BCUT2D eigenvalue weighted by Crippen LogP contribution is -2.57. The predicted molar refractivity (Wildman–Crippen MR) is 86.3 cm³/mol. The van der Waals surface area contributed by atoms with Gasteiger partial charge in [0.25, 0.3) is 0 Å². The van der Waals surface area contributed by atoms with E-state index in [-0.39, 0.29) is 11.2 Å². The van der Waals surface area contributed by atoms with Gasteiger partial charge in [0.15, 0.2) is 0 Å². The van der Waals surface area contributed by atoms with Crippen LogP contribution in [0.1, 0.15) is 39.0 Å². The van der Waals surface area contributed by atoms with Gasteiger partial charge >= 0.3 is 0 Å². The van der Waals surface area contributed by atoms with Gasteiger partial charge in [-0.2, -0.15) is 0 Å². The molecule has 2 heterocycles. The van der Waals surface area contributed by atoms with E-state index in [0.717, 1.165) is 30.2 Å². The van der Waals surface area contributed by atoms with Gasteiger partial charge in [-0.1, -0.05) is 12.2 Å². The van der Waals surface area contributed by atoms with Gasteiger partial charge in [0.2, 0.25) is 0 Å². The number of hydrogen-bond acceptors (Lipinski definition) is 4. The molecule has 110 valence electrons. The minimum atomic E-state index is -0.235. The monoisotopic (exact) mass is 293 g/mol. The summed E-state index contributed by atoms with van der Waals surface area (Å²) in [6.07, 6.45) is 0. The van der Waals surface area contributed by atoms with Gasteiger partial charge in [0.05, 0.1) is 16.8 Å². The third kappa shape index (κ3) is 3.27. The van der Waals surface area contributed by atoms with Crippen LogP contribution in [-0.4, -0.2) is 34.3 Å². The normalized spacial score (nSPS) is 20.8. The van der Waals surface area contributed by atoms with Crippen LogP contribution in [-0.2, 0) is 4.74 Å². The molecule has 1 aliphatic heterocycles. The van der Waals surface area contributed by atoms with E-state index in [9.17, 15) is 0 Å². The fourth-order valence-corrected chi connectivity index (χ4v) is 3.07. The summed E-state index contributed by atoms with van der Waals surface area (Å²) in [5.74, 6) is 0.863. The van der Waals surface area contributed by atoms with E-state index < -0.39 is 0 Å². The lowest BCUT2D eigenvalue weighted by atomic mass is 9.98. The quantitative estimate of drug-likeness (QED) is 0.849. The second kappa shape index (κ2) is 4.97. The lowest BCUT2D eigenvalue weighted by molar-refractivity contribution is -0.133. The first-order valence-electron chi connectivity index (χ1n) is 6.82. The van der Waals surface area contributed by atoms with E-state index in [1.165, 1.54) is 0 Å². The van der Waals surface area contributed by atoms with Crippen molar-refractivity contribution in [2.75, 3.05) is 18.0 Å². The first-order chi connectivity index (χ1) is 9.10. The fourth-order valence-electron chi connectivity index (χ4n) is 2.91. The highest BCUT2D eigenvalue weighted by atomic mass is 32.1. The van der Waals surface area contributed by atoms with Crippen molar-refractivity contribution in [1.29, 1.82) is 0 Å². The van der Waals surface area contributed by atoms with E-state index >= 15 is 0 Å². The van der Waals surface area contributed by atoms with Crippen molar-refractivity contribution in [3.8, 4) is 0 Å². The van der Waals surface area contributed by atoms with E-state index in [1.54, 1.807) is 0 Å². The molecule has 0 amide bonds. The minimum Gasteiger partial charge on any atom is -0.389 e. The van der Waals surface area contributed by atoms with Crippen LogP contribution >= 0.6 is 12.2 Å². The molecule has 1 aromatic heterocycles. The second-order valence-electron chi connectivity index (χ2n) is 6.67. The number of anilines is 1. The molecule has 0 aromatic carbocycles. The van der Waals surface area contributed by atoms with Crippen LogP contribution < -0.4 is 10.6 Å². The second-order valence-corrected chi connectivity index (χ2v) is 7.11. The van der Waals surface area contributed by atoms with Crippen molar-refractivity contribution < 1.29 is 4.74 Å². The van der Waals surface area contributed by atoms with Gasteiger partial charge in [-0.25, -0.2) is 4.98 Å². The van der Waals surface area contributed by atoms with Crippen LogP contribution in [0.25, 0.3) is 0 Å². The Hall–Kier alpha value is -1.20. The average molecular weight is 293 g/mol. The number of pyridine rings is 1. The highest BCUT2D eigenvalue weighted by molar-refractivity contribution is 7.80. The molecule has 0 unspecified atom stereocenters. The first-order valence-corrected chi connectivity index (χ1v) is 7.23. The molecular weight excluding hydrogens is 270 g/mol. The third-order valence-corrected chi connectivity index (χ3v) is 3.50. The van der Waals surface area contributed by atoms with Crippen molar-refractivity contribution in [2.24, 2.45) is 5.73 Å². The number of aryl methyl sites for hydroxylation is 1. The summed E-state index contributed by atoms with van der Waals surface area (Å²) in [6, 6.07) is 3.89. The summed E-state index contributed by atoms with van der Waals surface area (Å²) in [5, 5.41) is 0. The van der Waals surface area contributed by atoms with Crippen LogP contribution in [0.5, 0.6) is 0 Å². The highest BCUT2D eigenvalue weighted by Crippen LogP contribution is 2.32. The zero-order chi connectivity index (χ0) is 15.1. The van der Waals surface area contributed by atoms with Gasteiger partial charge < -0.3 is 15.4 Å². The third-order valence-electron chi connectivity index (χ3n) is 3.28. The molecule has 0 spiro atoms. The summed E-state index contributed by atoms with van der Waals surface area (Å²) < 4.78 is 6.11. The topological polar surface area (TPSA) is 51.4 Å². The van der Waals surface area contributed by atoms with Crippen molar-refractivity contribution in [2.45, 2.75) is 45.8 Å². The number of morpholine rings is 1. The summed E-state index contributed by atoms with van der Waals surface area (Å²) in [7, 11) is 0. The molecule has 5 heteroatoms. The molecule has 0 atom stereocenters. The van der Waals surface area contributed by atoms with Crippen molar-refractivity contribution in [3.63, 3.8) is 0 Å². The molecule has 2 N–H and O–H groups in total. The molecule has 1 saturated heterocycles. The molecule has 0 aliphatic carbocycles. The van der Waals surface area contributed by atoms with Crippen LogP contribution in [0.15, 0.2) is 12.1 Å². The largest absolute Gasteiger partial charge is 0.389 e. The van der Waals surface area contributed by atoms with Crippen molar-refractivity contribution in [1.82, 2.24) is 4.98 Å².